The first-order chi connectivity index (χ1) is 23.9. The second kappa shape index (κ2) is 19.8. The van der Waals surface area contributed by atoms with Crippen LogP contribution in [0.25, 0.3) is 0 Å². The van der Waals surface area contributed by atoms with Crippen molar-refractivity contribution in [2.24, 2.45) is 0 Å². The Hall–Kier alpha value is -4.96. The van der Waals surface area contributed by atoms with Gasteiger partial charge in [-0.15, -0.1) is 0 Å². The quantitative estimate of drug-likeness (QED) is 0.0763. The van der Waals surface area contributed by atoms with Crippen LogP contribution in [0.1, 0.15) is 70.9 Å². The molecule has 256 valence electrons. The molecule has 0 aliphatic carbocycles. The Morgan fingerprint density at radius 2 is 1.00 bits per heavy atom. The van der Waals surface area contributed by atoms with E-state index in [1.165, 1.54) is 0 Å². The molecule has 0 fully saturated rings. The zero-order valence-corrected chi connectivity index (χ0v) is 28.1. The van der Waals surface area contributed by atoms with E-state index < -0.39 is 0 Å². The number of hydrogen-bond donors (Lipinski definition) is 2. The van der Waals surface area contributed by atoms with Gasteiger partial charge in [-0.2, -0.15) is 0 Å². The molecule has 0 bridgehead atoms. The Morgan fingerprint density at radius 1 is 0.571 bits per heavy atom. The van der Waals surface area contributed by atoms with Crippen LogP contribution < -0.4 is 10.6 Å². The van der Waals surface area contributed by atoms with Crippen LogP contribution in [0.5, 0.6) is 0 Å². The maximum atomic E-state index is 12.8. The van der Waals surface area contributed by atoms with E-state index in [2.05, 4.69) is 10.6 Å². The summed E-state index contributed by atoms with van der Waals surface area (Å²) in [6.45, 7) is 3.16. The zero-order valence-electron chi connectivity index (χ0n) is 28.1. The molecule has 49 heavy (non-hydrogen) atoms. The lowest BCUT2D eigenvalue weighted by atomic mass is 10.0. The van der Waals surface area contributed by atoms with E-state index >= 15 is 0 Å². The first-order valence-electron chi connectivity index (χ1n) is 16.6. The minimum atomic E-state index is -0.341. The smallest absolute Gasteiger partial charge is 0.224 e. The Balaban J connectivity index is 1.21. The van der Waals surface area contributed by atoms with E-state index in [0.717, 1.165) is 6.42 Å². The van der Waals surface area contributed by atoms with Crippen LogP contribution in [-0.4, -0.2) is 62.5 Å². The predicted octanol–water partition coefficient (Wildman–Crippen LogP) is 7.11. The Bertz CT molecular complexity index is 1630. The summed E-state index contributed by atoms with van der Waals surface area (Å²) in [4.78, 5) is 50.7. The summed E-state index contributed by atoms with van der Waals surface area (Å²) in [5, 5.41) is 5.75. The summed E-state index contributed by atoms with van der Waals surface area (Å²) < 4.78 is 17.4. The second-order valence-electron chi connectivity index (χ2n) is 11.6. The van der Waals surface area contributed by atoms with Gasteiger partial charge in [0, 0.05) is 60.2 Å². The lowest BCUT2D eigenvalue weighted by Crippen LogP contribution is -2.29. The third kappa shape index (κ3) is 12.2. The van der Waals surface area contributed by atoms with Crippen LogP contribution in [-0.2, 0) is 23.8 Å². The summed E-state index contributed by atoms with van der Waals surface area (Å²) >= 11 is 0. The maximum absolute atomic E-state index is 12.8. The number of rotatable bonds is 20. The van der Waals surface area contributed by atoms with Crippen molar-refractivity contribution in [3.63, 3.8) is 0 Å². The highest BCUT2D eigenvalue weighted by molar-refractivity contribution is 6.10. The number of hydrogen-bond acceptors (Lipinski definition) is 7. The number of nitrogens with one attached hydrogen (secondary N) is 2. The van der Waals surface area contributed by atoms with Crippen LogP contribution in [0.4, 0.5) is 11.4 Å². The molecular weight excluding hydrogens is 620 g/mol. The molecule has 2 atom stereocenters. The molecule has 0 heterocycles. The Morgan fingerprint density at radius 3 is 1.43 bits per heavy atom. The minimum absolute atomic E-state index is 0.0799. The van der Waals surface area contributed by atoms with Crippen molar-refractivity contribution >= 4 is 34.8 Å². The van der Waals surface area contributed by atoms with Gasteiger partial charge in [-0.1, -0.05) is 67.6 Å². The number of benzene rings is 4. The first-order valence-corrected chi connectivity index (χ1v) is 16.6. The fourth-order valence-corrected chi connectivity index (χ4v) is 5.04. The highest BCUT2D eigenvalue weighted by Gasteiger charge is 2.18. The molecule has 0 radical (unpaired) electrons. The summed E-state index contributed by atoms with van der Waals surface area (Å²) in [5.74, 6) is -0.517. The molecule has 4 aromatic carbocycles. The van der Waals surface area contributed by atoms with Gasteiger partial charge in [0.25, 0.3) is 0 Å². The van der Waals surface area contributed by atoms with E-state index in [0.29, 0.717) is 59.7 Å². The molecule has 9 nitrogen and oxygen atoms in total. The fourth-order valence-electron chi connectivity index (χ4n) is 5.04. The molecule has 0 aliphatic heterocycles. The fraction of sp³-hybridized carbons (Fsp3) is 0.300. The minimum Gasteiger partial charge on any atom is -0.379 e. The van der Waals surface area contributed by atoms with Gasteiger partial charge in [0.05, 0.1) is 25.4 Å². The van der Waals surface area contributed by atoms with E-state index in [1.54, 1.807) is 79.9 Å². The topological polar surface area (TPSA) is 120 Å². The monoisotopic (exact) mass is 664 g/mol. The van der Waals surface area contributed by atoms with Crippen molar-refractivity contribution in [1.29, 1.82) is 0 Å². The van der Waals surface area contributed by atoms with Crippen molar-refractivity contribution in [3.8, 4) is 0 Å². The first kappa shape index (κ1) is 36.9. The SMILES string of the molecule is CCCOCC(CCC(=O)Nc1ccc(C(=O)c2ccccc2)cc1)OCC(CCC(=O)Nc1ccc(C(=O)c2ccccc2)cc1)OC. The Labute approximate surface area is 288 Å². The van der Waals surface area contributed by atoms with Gasteiger partial charge in [-0.25, -0.2) is 0 Å². The van der Waals surface area contributed by atoms with E-state index in [4.69, 9.17) is 14.2 Å². The molecule has 9 heteroatoms. The second-order valence-corrected chi connectivity index (χ2v) is 11.6. The molecule has 4 aromatic rings. The van der Waals surface area contributed by atoms with Crippen molar-refractivity contribution in [1.82, 2.24) is 0 Å². The van der Waals surface area contributed by atoms with Crippen LogP contribution in [0.3, 0.4) is 0 Å². The lowest BCUT2D eigenvalue weighted by Gasteiger charge is -2.22. The number of anilines is 2. The number of ether oxygens (including phenoxy) is 3. The predicted molar refractivity (Wildman–Crippen MR) is 190 cm³/mol. The van der Waals surface area contributed by atoms with Crippen molar-refractivity contribution in [2.75, 3.05) is 37.6 Å². The summed E-state index contributed by atoms with van der Waals surface area (Å²) in [6, 6.07) is 31.7. The highest BCUT2D eigenvalue weighted by atomic mass is 16.6. The number of methoxy groups -OCH3 is 1. The third-order valence-corrected chi connectivity index (χ3v) is 7.82. The van der Waals surface area contributed by atoms with Crippen molar-refractivity contribution < 1.29 is 33.4 Å². The van der Waals surface area contributed by atoms with Gasteiger partial charge in [-0.05, 0) is 67.8 Å². The molecule has 4 rings (SSSR count). The number of amides is 2. The maximum Gasteiger partial charge on any atom is 0.224 e. The standard InChI is InChI=1S/C40H44N2O7/c1-3-26-48-27-36(23-25-38(44)42-34-20-16-32(17-21-34)40(46)30-12-8-5-9-13-30)49-28-35(47-2)22-24-37(43)41-33-18-14-31(15-19-33)39(45)29-10-6-4-7-11-29/h4-21,35-36H,3,22-28H2,1-2H3,(H,41,43)(H,42,44). The molecule has 0 aliphatic rings. The van der Waals surface area contributed by atoms with Crippen LogP contribution in [0.2, 0.25) is 0 Å². The molecule has 0 saturated carbocycles. The lowest BCUT2D eigenvalue weighted by molar-refractivity contribution is -0.119. The largest absolute Gasteiger partial charge is 0.379 e. The summed E-state index contributed by atoms with van der Waals surface area (Å²) in [5.41, 5.74) is 3.50. The number of carbonyl (C=O) groups excluding carboxylic acids is 4. The summed E-state index contributed by atoms with van der Waals surface area (Å²) in [7, 11) is 1.57. The van der Waals surface area contributed by atoms with Crippen molar-refractivity contribution in [2.45, 2.75) is 51.2 Å². The van der Waals surface area contributed by atoms with Gasteiger partial charge >= 0.3 is 0 Å². The van der Waals surface area contributed by atoms with E-state index in [9.17, 15) is 19.2 Å². The number of ketones is 2. The van der Waals surface area contributed by atoms with Crippen LogP contribution in [0.15, 0.2) is 109 Å². The highest BCUT2D eigenvalue weighted by Crippen LogP contribution is 2.17. The molecule has 0 spiro atoms. The molecule has 2 N–H and O–H groups in total. The van der Waals surface area contributed by atoms with Gasteiger partial charge in [0.2, 0.25) is 11.8 Å². The summed E-state index contributed by atoms with van der Waals surface area (Å²) in [6.07, 6.45) is 1.46. The molecular formula is C40H44N2O7. The molecule has 2 unspecified atom stereocenters. The molecule has 0 aromatic heterocycles. The Kier molecular flexibility index (Phi) is 14.9. The van der Waals surface area contributed by atoms with Gasteiger partial charge in [0.1, 0.15) is 0 Å². The number of carbonyl (C=O) groups is 4. The zero-order chi connectivity index (χ0) is 34.8. The van der Waals surface area contributed by atoms with Crippen LogP contribution >= 0.6 is 0 Å². The molecule has 0 saturated heterocycles. The van der Waals surface area contributed by atoms with E-state index in [-0.39, 0.29) is 55.0 Å². The van der Waals surface area contributed by atoms with E-state index in [1.807, 2.05) is 43.3 Å². The third-order valence-electron chi connectivity index (χ3n) is 7.82. The van der Waals surface area contributed by atoms with Crippen LogP contribution in [0, 0.1) is 0 Å². The normalized spacial score (nSPS) is 12.1. The average Bonchev–Trinajstić information content (AvgIpc) is 3.14. The van der Waals surface area contributed by atoms with Crippen molar-refractivity contribution in [3.05, 3.63) is 131 Å². The van der Waals surface area contributed by atoms with Gasteiger partial charge < -0.3 is 24.8 Å². The average molecular weight is 665 g/mol. The van der Waals surface area contributed by atoms with Gasteiger partial charge in [-0.3, -0.25) is 19.2 Å². The molecule has 2 amide bonds. The van der Waals surface area contributed by atoms with Gasteiger partial charge in [0.15, 0.2) is 11.6 Å².